The standard InChI is InChI=1S/C16H20ClNO3S/c17-13-4-6-14(7-5-13)22-9-8-18-15(19)11-2-1-3-12(10-11)16(20)21/h4-7,11-12H,1-3,8-10H2,(H,18,19)(H,20,21). The van der Waals surface area contributed by atoms with Crippen molar-refractivity contribution in [3.8, 4) is 0 Å². The average molecular weight is 342 g/mol. The van der Waals surface area contributed by atoms with Crippen LogP contribution in [0.2, 0.25) is 5.02 Å². The molecule has 0 aliphatic heterocycles. The molecular weight excluding hydrogens is 322 g/mol. The quantitative estimate of drug-likeness (QED) is 0.614. The van der Waals surface area contributed by atoms with E-state index in [9.17, 15) is 9.59 Å². The zero-order valence-corrected chi connectivity index (χ0v) is 13.8. The van der Waals surface area contributed by atoms with Gasteiger partial charge in [-0.2, -0.15) is 0 Å². The number of hydrogen-bond donors (Lipinski definition) is 2. The van der Waals surface area contributed by atoms with Crippen LogP contribution in [-0.4, -0.2) is 29.3 Å². The molecule has 1 saturated carbocycles. The number of carboxylic acid groups (broad SMARTS) is 1. The van der Waals surface area contributed by atoms with Crippen LogP contribution in [0.4, 0.5) is 0 Å². The molecule has 0 spiro atoms. The number of hydrogen-bond acceptors (Lipinski definition) is 3. The SMILES string of the molecule is O=C(O)C1CCCC(C(=O)NCCSc2ccc(Cl)cc2)C1. The first-order chi connectivity index (χ1) is 10.6. The van der Waals surface area contributed by atoms with E-state index in [1.54, 1.807) is 11.8 Å². The van der Waals surface area contributed by atoms with E-state index in [-0.39, 0.29) is 17.7 Å². The van der Waals surface area contributed by atoms with E-state index in [1.165, 1.54) is 0 Å². The Morgan fingerprint density at radius 2 is 1.91 bits per heavy atom. The maximum atomic E-state index is 12.1. The first-order valence-electron chi connectivity index (χ1n) is 7.45. The summed E-state index contributed by atoms with van der Waals surface area (Å²) in [5.74, 6) is -0.538. The zero-order valence-electron chi connectivity index (χ0n) is 12.3. The summed E-state index contributed by atoms with van der Waals surface area (Å²) in [5.41, 5.74) is 0. The molecule has 1 aliphatic carbocycles. The van der Waals surface area contributed by atoms with Crippen LogP contribution in [0.5, 0.6) is 0 Å². The fourth-order valence-corrected chi connectivity index (χ4v) is 3.56. The van der Waals surface area contributed by atoms with E-state index >= 15 is 0 Å². The highest BCUT2D eigenvalue weighted by Crippen LogP contribution is 2.29. The fraction of sp³-hybridized carbons (Fsp3) is 0.500. The van der Waals surface area contributed by atoms with Gasteiger partial charge in [-0.3, -0.25) is 9.59 Å². The molecule has 4 nitrogen and oxygen atoms in total. The van der Waals surface area contributed by atoms with E-state index < -0.39 is 5.97 Å². The van der Waals surface area contributed by atoms with Crippen molar-refractivity contribution in [3.05, 3.63) is 29.3 Å². The molecule has 0 bridgehead atoms. The van der Waals surface area contributed by atoms with Crippen molar-refractivity contribution in [2.45, 2.75) is 30.6 Å². The van der Waals surface area contributed by atoms with Crippen LogP contribution < -0.4 is 5.32 Å². The van der Waals surface area contributed by atoms with Crippen LogP contribution in [0.3, 0.4) is 0 Å². The number of aliphatic carboxylic acids is 1. The lowest BCUT2D eigenvalue weighted by atomic mass is 9.81. The van der Waals surface area contributed by atoms with E-state index in [0.29, 0.717) is 24.4 Å². The van der Waals surface area contributed by atoms with Gasteiger partial charge in [0.2, 0.25) is 5.91 Å². The fourth-order valence-electron chi connectivity index (χ4n) is 2.67. The molecule has 1 aromatic carbocycles. The molecule has 2 unspecified atom stereocenters. The number of nitrogens with one attached hydrogen (secondary N) is 1. The minimum absolute atomic E-state index is 0.0114. The van der Waals surface area contributed by atoms with E-state index in [2.05, 4.69) is 5.32 Å². The Balaban J connectivity index is 1.69. The van der Waals surface area contributed by atoms with Gasteiger partial charge in [0, 0.05) is 28.1 Å². The maximum absolute atomic E-state index is 12.1. The second-order valence-corrected chi connectivity index (χ2v) is 7.10. The third-order valence-electron chi connectivity index (χ3n) is 3.88. The largest absolute Gasteiger partial charge is 0.481 e. The number of carboxylic acids is 1. The normalized spacial score (nSPS) is 21.3. The lowest BCUT2D eigenvalue weighted by molar-refractivity contribution is -0.144. The Morgan fingerprint density at radius 1 is 1.23 bits per heavy atom. The van der Waals surface area contributed by atoms with Crippen molar-refractivity contribution in [2.75, 3.05) is 12.3 Å². The van der Waals surface area contributed by atoms with Gasteiger partial charge in [-0.05, 0) is 43.5 Å². The highest BCUT2D eigenvalue weighted by molar-refractivity contribution is 7.99. The predicted octanol–water partition coefficient (Wildman–Crippen LogP) is 3.44. The van der Waals surface area contributed by atoms with Crippen LogP contribution in [0.1, 0.15) is 25.7 Å². The summed E-state index contributed by atoms with van der Waals surface area (Å²) in [6, 6.07) is 7.59. The molecule has 2 rings (SSSR count). The van der Waals surface area contributed by atoms with Gasteiger partial charge in [0.1, 0.15) is 0 Å². The minimum atomic E-state index is -0.782. The topological polar surface area (TPSA) is 66.4 Å². The Kier molecular flexibility index (Phi) is 6.58. The third-order valence-corrected chi connectivity index (χ3v) is 5.14. The smallest absolute Gasteiger partial charge is 0.306 e. The van der Waals surface area contributed by atoms with E-state index in [0.717, 1.165) is 23.5 Å². The zero-order chi connectivity index (χ0) is 15.9. The Morgan fingerprint density at radius 3 is 2.59 bits per heavy atom. The number of carbonyl (C=O) groups excluding carboxylic acids is 1. The van der Waals surface area contributed by atoms with Gasteiger partial charge in [0.05, 0.1) is 5.92 Å². The lowest BCUT2D eigenvalue weighted by Crippen LogP contribution is -2.36. The average Bonchev–Trinajstić information content (AvgIpc) is 2.53. The summed E-state index contributed by atoms with van der Waals surface area (Å²) in [5, 5.41) is 12.7. The van der Waals surface area contributed by atoms with Gasteiger partial charge in [-0.1, -0.05) is 18.0 Å². The summed E-state index contributed by atoms with van der Waals surface area (Å²) in [6.07, 6.45) is 2.76. The first kappa shape index (κ1) is 17.2. The molecule has 0 aromatic heterocycles. The first-order valence-corrected chi connectivity index (χ1v) is 8.81. The van der Waals surface area contributed by atoms with Crippen molar-refractivity contribution >= 4 is 35.2 Å². The second kappa shape index (κ2) is 8.44. The van der Waals surface area contributed by atoms with Crippen LogP contribution in [0.15, 0.2) is 29.2 Å². The Labute approximate surface area is 139 Å². The molecule has 2 N–H and O–H groups in total. The maximum Gasteiger partial charge on any atom is 0.306 e. The Bertz CT molecular complexity index is 521. The number of amides is 1. The van der Waals surface area contributed by atoms with Crippen molar-refractivity contribution in [3.63, 3.8) is 0 Å². The van der Waals surface area contributed by atoms with Crippen LogP contribution >= 0.6 is 23.4 Å². The molecule has 1 fully saturated rings. The van der Waals surface area contributed by atoms with Gasteiger partial charge >= 0.3 is 5.97 Å². The molecule has 1 aromatic rings. The van der Waals surface area contributed by atoms with Gasteiger partial charge in [-0.15, -0.1) is 11.8 Å². The molecule has 22 heavy (non-hydrogen) atoms. The molecule has 6 heteroatoms. The monoisotopic (exact) mass is 341 g/mol. The van der Waals surface area contributed by atoms with Gasteiger partial charge in [0.15, 0.2) is 0 Å². The van der Waals surface area contributed by atoms with Crippen molar-refractivity contribution in [1.29, 1.82) is 0 Å². The minimum Gasteiger partial charge on any atom is -0.481 e. The summed E-state index contributed by atoms with van der Waals surface area (Å²) in [6.45, 7) is 0.584. The van der Waals surface area contributed by atoms with Crippen molar-refractivity contribution in [2.24, 2.45) is 11.8 Å². The molecular formula is C16H20ClNO3S. The van der Waals surface area contributed by atoms with Gasteiger partial charge in [-0.25, -0.2) is 0 Å². The summed E-state index contributed by atoms with van der Waals surface area (Å²) in [7, 11) is 0. The summed E-state index contributed by atoms with van der Waals surface area (Å²) < 4.78 is 0. The third kappa shape index (κ3) is 5.21. The number of benzene rings is 1. The van der Waals surface area contributed by atoms with Crippen LogP contribution in [0, 0.1) is 11.8 Å². The highest BCUT2D eigenvalue weighted by atomic mass is 35.5. The molecule has 1 amide bonds. The molecule has 2 atom stereocenters. The van der Waals surface area contributed by atoms with Crippen molar-refractivity contribution < 1.29 is 14.7 Å². The number of rotatable bonds is 6. The summed E-state index contributed by atoms with van der Waals surface area (Å²) in [4.78, 5) is 24.2. The predicted molar refractivity (Wildman–Crippen MR) is 88.3 cm³/mol. The summed E-state index contributed by atoms with van der Waals surface area (Å²) >= 11 is 7.48. The number of halogens is 1. The molecule has 120 valence electrons. The van der Waals surface area contributed by atoms with Gasteiger partial charge in [0.25, 0.3) is 0 Å². The van der Waals surface area contributed by atoms with E-state index in [4.69, 9.17) is 16.7 Å². The van der Waals surface area contributed by atoms with Gasteiger partial charge < -0.3 is 10.4 Å². The Hall–Kier alpha value is -1.20. The highest BCUT2D eigenvalue weighted by Gasteiger charge is 2.30. The molecule has 1 aliphatic rings. The lowest BCUT2D eigenvalue weighted by Gasteiger charge is -2.25. The molecule has 0 saturated heterocycles. The molecule has 0 radical (unpaired) electrons. The van der Waals surface area contributed by atoms with Crippen LogP contribution in [0.25, 0.3) is 0 Å². The number of carbonyl (C=O) groups is 2. The second-order valence-electron chi connectivity index (χ2n) is 5.49. The van der Waals surface area contributed by atoms with E-state index in [1.807, 2.05) is 24.3 Å². The van der Waals surface area contributed by atoms with Crippen LogP contribution in [-0.2, 0) is 9.59 Å². The molecule has 0 heterocycles. The van der Waals surface area contributed by atoms with Crippen molar-refractivity contribution in [1.82, 2.24) is 5.32 Å². The number of thioether (sulfide) groups is 1.